The molecule has 0 aromatic heterocycles. The number of amides is 2. The van der Waals surface area contributed by atoms with Gasteiger partial charge in [-0.25, -0.2) is 8.42 Å². The van der Waals surface area contributed by atoms with E-state index in [4.69, 9.17) is 11.6 Å². The molecule has 0 radical (unpaired) electrons. The van der Waals surface area contributed by atoms with Crippen molar-refractivity contribution in [3.8, 4) is 0 Å². The fourth-order valence-corrected chi connectivity index (χ4v) is 6.15. The van der Waals surface area contributed by atoms with Gasteiger partial charge in [-0.2, -0.15) is 4.31 Å². The van der Waals surface area contributed by atoms with Crippen LogP contribution >= 0.6 is 11.6 Å². The summed E-state index contributed by atoms with van der Waals surface area (Å²) in [4.78, 5) is 24.6. The average molecular weight is 492 g/mol. The Morgan fingerprint density at radius 3 is 2.45 bits per heavy atom. The van der Waals surface area contributed by atoms with Crippen LogP contribution in [0.2, 0.25) is 5.02 Å². The molecule has 1 atom stereocenters. The fourth-order valence-electron chi connectivity index (χ4n) is 3.99. The molecule has 1 unspecified atom stereocenters. The summed E-state index contributed by atoms with van der Waals surface area (Å²) in [6.45, 7) is 4.56. The molecule has 1 aliphatic rings. The highest BCUT2D eigenvalue weighted by atomic mass is 35.5. The van der Waals surface area contributed by atoms with Crippen LogP contribution in [0.25, 0.3) is 0 Å². The van der Waals surface area contributed by atoms with Crippen LogP contribution in [-0.4, -0.2) is 43.7 Å². The van der Waals surface area contributed by atoms with Gasteiger partial charge < -0.3 is 10.6 Å². The number of nitrogens with zero attached hydrogens (tertiary/aromatic N) is 1. The molecule has 2 N–H and O–H groups in total. The monoisotopic (exact) mass is 491 g/mol. The van der Waals surface area contributed by atoms with Crippen molar-refractivity contribution < 1.29 is 18.0 Å². The molecule has 9 heteroatoms. The number of carbonyl (C=O) groups is 2. The molecule has 1 aliphatic heterocycles. The molecular formula is C24H30ClN3O4S. The lowest BCUT2D eigenvalue weighted by Gasteiger charge is -2.35. The summed E-state index contributed by atoms with van der Waals surface area (Å²) in [5.74, 6) is -1.46. The minimum atomic E-state index is -3.64. The molecule has 33 heavy (non-hydrogen) atoms. The van der Waals surface area contributed by atoms with Gasteiger partial charge in [0.2, 0.25) is 10.0 Å². The van der Waals surface area contributed by atoms with E-state index in [1.54, 1.807) is 41.6 Å². The van der Waals surface area contributed by atoms with Gasteiger partial charge in [-0.15, -0.1) is 0 Å². The SMILES string of the molecule is Cc1ccc(C)c(S(=O)(=O)N2CCCCC2CCNC(=O)C(=O)NCc2ccc(Cl)cc2)c1. The number of benzene rings is 2. The Morgan fingerprint density at radius 2 is 1.73 bits per heavy atom. The van der Waals surface area contributed by atoms with Crippen LogP contribution in [0.3, 0.4) is 0 Å². The van der Waals surface area contributed by atoms with Crippen molar-refractivity contribution in [2.75, 3.05) is 13.1 Å². The van der Waals surface area contributed by atoms with E-state index in [-0.39, 0.29) is 19.1 Å². The third-order valence-corrected chi connectivity index (χ3v) is 8.18. The molecule has 1 heterocycles. The van der Waals surface area contributed by atoms with Crippen LogP contribution in [0.1, 0.15) is 42.4 Å². The zero-order valence-electron chi connectivity index (χ0n) is 18.9. The summed E-state index contributed by atoms with van der Waals surface area (Å²) >= 11 is 5.84. The van der Waals surface area contributed by atoms with Crippen LogP contribution < -0.4 is 10.6 Å². The number of aryl methyl sites for hydroxylation is 2. The van der Waals surface area contributed by atoms with Gasteiger partial charge in [-0.05, 0) is 68.0 Å². The molecule has 1 saturated heterocycles. The van der Waals surface area contributed by atoms with Crippen LogP contribution in [-0.2, 0) is 26.2 Å². The summed E-state index contributed by atoms with van der Waals surface area (Å²) in [6.07, 6.45) is 2.90. The van der Waals surface area contributed by atoms with Gasteiger partial charge in [0, 0.05) is 30.7 Å². The highest BCUT2D eigenvalue weighted by Gasteiger charge is 2.34. The number of piperidine rings is 1. The lowest BCUT2D eigenvalue weighted by atomic mass is 10.0. The predicted octanol–water partition coefficient (Wildman–Crippen LogP) is 3.32. The standard InChI is InChI=1S/C24H30ClN3O4S/c1-17-6-7-18(2)22(15-17)33(31,32)28-14-4-3-5-21(28)12-13-26-23(29)24(30)27-16-19-8-10-20(25)11-9-19/h6-11,15,21H,3-5,12-14,16H2,1-2H3,(H,26,29)(H,27,30). The molecule has 2 aromatic carbocycles. The molecule has 0 spiro atoms. The van der Waals surface area contributed by atoms with Gasteiger partial charge in [0.1, 0.15) is 0 Å². The Hall–Kier alpha value is -2.42. The normalized spacial score (nSPS) is 16.9. The van der Waals surface area contributed by atoms with Crippen molar-refractivity contribution in [1.82, 2.24) is 14.9 Å². The van der Waals surface area contributed by atoms with Crippen LogP contribution in [0.5, 0.6) is 0 Å². The fraction of sp³-hybridized carbons (Fsp3) is 0.417. The second-order valence-electron chi connectivity index (χ2n) is 8.39. The number of rotatable bonds is 7. The molecule has 2 amide bonds. The Kier molecular flexibility index (Phi) is 8.51. The average Bonchev–Trinajstić information content (AvgIpc) is 2.80. The van der Waals surface area contributed by atoms with Crippen LogP contribution in [0, 0.1) is 13.8 Å². The van der Waals surface area contributed by atoms with Crippen molar-refractivity contribution in [2.45, 2.75) is 57.0 Å². The van der Waals surface area contributed by atoms with Crippen molar-refractivity contribution in [1.29, 1.82) is 0 Å². The highest BCUT2D eigenvalue weighted by molar-refractivity contribution is 7.89. The summed E-state index contributed by atoms with van der Waals surface area (Å²) in [5, 5.41) is 5.78. The van der Waals surface area contributed by atoms with Gasteiger partial charge in [0.15, 0.2) is 0 Å². The summed E-state index contributed by atoms with van der Waals surface area (Å²) < 4.78 is 28.3. The first-order valence-electron chi connectivity index (χ1n) is 11.1. The number of sulfonamides is 1. The van der Waals surface area contributed by atoms with Crippen LogP contribution in [0.15, 0.2) is 47.4 Å². The van der Waals surface area contributed by atoms with Gasteiger partial charge >= 0.3 is 11.8 Å². The molecule has 3 rings (SSSR count). The molecule has 0 aliphatic carbocycles. The minimum Gasteiger partial charge on any atom is -0.348 e. The Labute approximate surface area is 200 Å². The maximum atomic E-state index is 13.4. The molecular weight excluding hydrogens is 462 g/mol. The minimum absolute atomic E-state index is 0.216. The Morgan fingerprint density at radius 1 is 1.03 bits per heavy atom. The van der Waals surface area contributed by atoms with E-state index >= 15 is 0 Å². The smallest absolute Gasteiger partial charge is 0.309 e. The highest BCUT2D eigenvalue weighted by Crippen LogP contribution is 2.29. The van der Waals surface area contributed by atoms with E-state index in [9.17, 15) is 18.0 Å². The number of carbonyl (C=O) groups excluding carboxylic acids is 2. The van der Waals surface area contributed by atoms with E-state index in [1.807, 2.05) is 19.1 Å². The van der Waals surface area contributed by atoms with Crippen molar-refractivity contribution in [2.24, 2.45) is 0 Å². The molecule has 1 fully saturated rings. The first-order chi connectivity index (χ1) is 15.7. The van der Waals surface area contributed by atoms with Gasteiger partial charge in [0.05, 0.1) is 4.90 Å². The van der Waals surface area contributed by atoms with Crippen LogP contribution in [0.4, 0.5) is 0 Å². The third-order valence-electron chi connectivity index (χ3n) is 5.84. The lowest BCUT2D eigenvalue weighted by Crippen LogP contribution is -2.46. The lowest BCUT2D eigenvalue weighted by molar-refractivity contribution is -0.139. The van der Waals surface area contributed by atoms with Gasteiger partial charge in [-0.3, -0.25) is 9.59 Å². The zero-order valence-corrected chi connectivity index (χ0v) is 20.5. The van der Waals surface area contributed by atoms with Crippen molar-refractivity contribution in [3.63, 3.8) is 0 Å². The largest absolute Gasteiger partial charge is 0.348 e. The molecule has 0 saturated carbocycles. The zero-order chi connectivity index (χ0) is 24.0. The van der Waals surface area contributed by atoms with E-state index in [0.29, 0.717) is 22.9 Å². The number of nitrogens with one attached hydrogen (secondary N) is 2. The van der Waals surface area contributed by atoms with Gasteiger partial charge in [-0.1, -0.05) is 42.3 Å². The van der Waals surface area contributed by atoms with Gasteiger partial charge in [0.25, 0.3) is 0 Å². The van der Waals surface area contributed by atoms with E-state index in [0.717, 1.165) is 36.0 Å². The second kappa shape index (κ2) is 11.1. The van der Waals surface area contributed by atoms with E-state index < -0.39 is 21.8 Å². The second-order valence-corrected chi connectivity index (χ2v) is 10.7. The van der Waals surface area contributed by atoms with E-state index in [2.05, 4.69) is 10.6 Å². The Balaban J connectivity index is 1.55. The molecule has 2 aromatic rings. The summed E-state index contributed by atoms with van der Waals surface area (Å²) in [6, 6.07) is 12.2. The van der Waals surface area contributed by atoms with Crippen molar-refractivity contribution >= 4 is 33.4 Å². The number of hydrogen-bond acceptors (Lipinski definition) is 4. The topological polar surface area (TPSA) is 95.6 Å². The summed E-state index contributed by atoms with van der Waals surface area (Å²) in [7, 11) is -3.64. The van der Waals surface area contributed by atoms with E-state index in [1.165, 1.54) is 0 Å². The predicted molar refractivity (Wildman–Crippen MR) is 128 cm³/mol. The quantitative estimate of drug-likeness (QED) is 0.581. The molecule has 0 bridgehead atoms. The number of halogens is 1. The maximum Gasteiger partial charge on any atom is 0.309 e. The molecule has 178 valence electrons. The Bertz CT molecular complexity index is 1100. The number of hydrogen-bond donors (Lipinski definition) is 2. The third kappa shape index (κ3) is 6.56. The first-order valence-corrected chi connectivity index (χ1v) is 12.9. The molecule has 7 nitrogen and oxygen atoms in total. The maximum absolute atomic E-state index is 13.4. The first kappa shape index (κ1) is 25.2. The summed E-state index contributed by atoms with van der Waals surface area (Å²) in [5.41, 5.74) is 2.44. The van der Waals surface area contributed by atoms with Crippen molar-refractivity contribution in [3.05, 3.63) is 64.2 Å².